The lowest BCUT2D eigenvalue weighted by molar-refractivity contribution is -0.274. The van der Waals surface area contributed by atoms with Crippen LogP contribution in [0.25, 0.3) is 0 Å². The molecule has 0 saturated carbocycles. The summed E-state index contributed by atoms with van der Waals surface area (Å²) in [7, 11) is 0. The highest BCUT2D eigenvalue weighted by atomic mass is 32.1. The Morgan fingerprint density at radius 1 is 1.25 bits per heavy atom. The predicted molar refractivity (Wildman–Crippen MR) is 85.3 cm³/mol. The highest BCUT2D eigenvalue weighted by molar-refractivity contribution is 7.12. The van der Waals surface area contributed by atoms with E-state index in [0.717, 1.165) is 17.7 Å². The third-order valence-corrected chi connectivity index (χ3v) is 5.59. The van der Waals surface area contributed by atoms with Gasteiger partial charge in [-0.2, -0.15) is 0 Å². The van der Waals surface area contributed by atoms with Crippen molar-refractivity contribution in [3.63, 3.8) is 0 Å². The van der Waals surface area contributed by atoms with Crippen molar-refractivity contribution in [3.05, 3.63) is 45.6 Å². The van der Waals surface area contributed by atoms with Crippen LogP contribution in [0.2, 0.25) is 0 Å². The summed E-state index contributed by atoms with van der Waals surface area (Å²) in [6.07, 6.45) is -4.02. The van der Waals surface area contributed by atoms with Crippen LogP contribution in [0.3, 0.4) is 0 Å². The minimum absolute atomic E-state index is 0.123. The summed E-state index contributed by atoms with van der Waals surface area (Å²) in [5, 5.41) is 3.48. The van der Waals surface area contributed by atoms with Gasteiger partial charge in [0.2, 0.25) is 0 Å². The first-order valence-corrected chi connectivity index (χ1v) is 8.56. The predicted octanol–water partition coefficient (Wildman–Crippen LogP) is 5.20. The Morgan fingerprint density at radius 3 is 2.79 bits per heavy atom. The molecule has 2 aromatic rings. The molecule has 2 aliphatic rings. The van der Waals surface area contributed by atoms with E-state index in [1.165, 1.54) is 21.9 Å². The number of thiophene rings is 1. The molecule has 1 N–H and O–H groups in total. The second-order valence-electron chi connectivity index (χ2n) is 6.11. The topological polar surface area (TPSA) is 30.5 Å². The Kier molecular flexibility index (Phi) is 3.73. The van der Waals surface area contributed by atoms with Gasteiger partial charge < -0.3 is 14.8 Å². The van der Waals surface area contributed by atoms with Crippen LogP contribution in [0.1, 0.15) is 33.9 Å². The van der Waals surface area contributed by atoms with Gasteiger partial charge in [-0.15, -0.1) is 24.5 Å². The average Bonchev–Trinajstić information content (AvgIpc) is 3.14. The molecule has 4 rings (SSSR count). The molecule has 1 fully saturated rings. The maximum Gasteiger partial charge on any atom is 0.573 e. The Balaban J connectivity index is 1.69. The van der Waals surface area contributed by atoms with E-state index in [1.807, 2.05) is 0 Å². The van der Waals surface area contributed by atoms with Gasteiger partial charge in [-0.1, -0.05) is 0 Å². The minimum atomic E-state index is -4.69. The molecule has 3 atom stereocenters. The van der Waals surface area contributed by atoms with Crippen LogP contribution in [0.5, 0.6) is 5.75 Å². The van der Waals surface area contributed by atoms with Gasteiger partial charge in [0, 0.05) is 33.5 Å². The Morgan fingerprint density at radius 2 is 2.08 bits per heavy atom. The van der Waals surface area contributed by atoms with Crippen LogP contribution < -0.4 is 10.1 Å². The number of halogens is 3. The monoisotopic (exact) mass is 355 g/mol. The van der Waals surface area contributed by atoms with Gasteiger partial charge >= 0.3 is 6.36 Å². The van der Waals surface area contributed by atoms with Crippen LogP contribution in [0.4, 0.5) is 18.9 Å². The first kappa shape index (κ1) is 15.8. The van der Waals surface area contributed by atoms with Crippen LogP contribution in [0, 0.1) is 12.8 Å². The molecule has 3 nitrogen and oxygen atoms in total. The quantitative estimate of drug-likeness (QED) is 0.803. The van der Waals surface area contributed by atoms with Crippen LogP contribution >= 0.6 is 11.3 Å². The van der Waals surface area contributed by atoms with E-state index in [9.17, 15) is 13.2 Å². The number of anilines is 1. The fourth-order valence-corrected chi connectivity index (χ4v) is 4.55. The number of ether oxygens (including phenoxy) is 2. The molecule has 2 aliphatic heterocycles. The lowest BCUT2D eigenvalue weighted by Crippen LogP contribution is -2.28. The Hall–Kier alpha value is -1.73. The third kappa shape index (κ3) is 2.86. The Bertz CT molecular complexity index is 759. The highest BCUT2D eigenvalue weighted by Crippen LogP contribution is 2.51. The molecule has 128 valence electrons. The lowest BCUT2D eigenvalue weighted by atomic mass is 9.83. The number of benzene rings is 1. The summed E-state index contributed by atoms with van der Waals surface area (Å²) in [6, 6.07) is 8.74. The number of alkyl halides is 3. The lowest BCUT2D eigenvalue weighted by Gasteiger charge is -2.36. The van der Waals surface area contributed by atoms with Crippen molar-refractivity contribution in [2.45, 2.75) is 31.9 Å². The minimum Gasteiger partial charge on any atom is -0.406 e. The molecule has 0 aliphatic carbocycles. The SMILES string of the molecule is Cc1ccc(C2Nc3ccc(OC(F)(F)F)cc3C3OCCC23)s1. The van der Waals surface area contributed by atoms with Crippen molar-refractivity contribution in [2.24, 2.45) is 5.92 Å². The zero-order chi connectivity index (χ0) is 16.9. The molecule has 1 saturated heterocycles. The van der Waals surface area contributed by atoms with E-state index in [2.05, 4.69) is 29.1 Å². The largest absolute Gasteiger partial charge is 0.573 e. The molecule has 0 spiro atoms. The fraction of sp³-hybridized carbons (Fsp3) is 0.412. The number of hydrogen-bond donors (Lipinski definition) is 1. The fourth-order valence-electron chi connectivity index (χ4n) is 3.55. The summed E-state index contributed by atoms with van der Waals surface area (Å²) in [5.41, 5.74) is 1.55. The first-order valence-electron chi connectivity index (χ1n) is 7.75. The summed E-state index contributed by atoms with van der Waals surface area (Å²) >= 11 is 1.74. The molecule has 3 heterocycles. The number of fused-ring (bicyclic) bond motifs is 3. The van der Waals surface area contributed by atoms with Crippen LogP contribution in [0.15, 0.2) is 30.3 Å². The highest BCUT2D eigenvalue weighted by Gasteiger charge is 2.42. The zero-order valence-electron chi connectivity index (χ0n) is 12.9. The second kappa shape index (κ2) is 5.67. The molecule has 24 heavy (non-hydrogen) atoms. The maximum atomic E-state index is 12.5. The molecule has 7 heteroatoms. The van der Waals surface area contributed by atoms with E-state index < -0.39 is 6.36 Å². The molecule has 1 aromatic carbocycles. The van der Waals surface area contributed by atoms with Gasteiger partial charge in [-0.3, -0.25) is 0 Å². The standard InChI is InChI=1S/C17H16F3NO2S/c1-9-2-5-14(24-9)15-11-6-7-22-16(11)12-8-10(23-17(18,19)20)3-4-13(12)21-15/h2-5,8,11,15-16,21H,6-7H2,1H3. The number of nitrogens with one attached hydrogen (secondary N) is 1. The van der Waals surface area contributed by atoms with Crippen molar-refractivity contribution >= 4 is 17.0 Å². The molecule has 0 radical (unpaired) electrons. The maximum absolute atomic E-state index is 12.5. The van der Waals surface area contributed by atoms with Crippen molar-refractivity contribution in [3.8, 4) is 5.75 Å². The molecule has 3 unspecified atom stereocenters. The Labute approximate surface area is 141 Å². The summed E-state index contributed by atoms with van der Waals surface area (Å²) in [5.74, 6) is -0.000551. The van der Waals surface area contributed by atoms with E-state index >= 15 is 0 Å². The van der Waals surface area contributed by atoms with Gasteiger partial charge in [0.15, 0.2) is 0 Å². The normalized spacial score (nSPS) is 25.8. The summed E-state index contributed by atoms with van der Waals surface area (Å²) < 4.78 is 47.3. The van der Waals surface area contributed by atoms with Gasteiger partial charge in [-0.25, -0.2) is 0 Å². The van der Waals surface area contributed by atoms with Crippen molar-refractivity contribution < 1.29 is 22.6 Å². The van der Waals surface area contributed by atoms with Gasteiger partial charge in [-0.05, 0) is 43.7 Å². The molecular weight excluding hydrogens is 339 g/mol. The van der Waals surface area contributed by atoms with E-state index in [0.29, 0.717) is 6.61 Å². The molecule has 0 amide bonds. The third-order valence-electron chi connectivity index (χ3n) is 4.51. The second-order valence-corrected chi connectivity index (χ2v) is 7.43. The summed E-state index contributed by atoms with van der Waals surface area (Å²) in [6.45, 7) is 2.68. The zero-order valence-corrected chi connectivity index (χ0v) is 13.7. The first-order chi connectivity index (χ1) is 11.4. The van der Waals surface area contributed by atoms with Crippen LogP contribution in [-0.2, 0) is 4.74 Å². The van der Waals surface area contributed by atoms with E-state index in [-0.39, 0.29) is 23.8 Å². The van der Waals surface area contributed by atoms with Gasteiger partial charge in [0.1, 0.15) is 5.75 Å². The van der Waals surface area contributed by atoms with Gasteiger partial charge in [0.05, 0.1) is 12.1 Å². The van der Waals surface area contributed by atoms with E-state index in [1.54, 1.807) is 17.4 Å². The molecule has 0 bridgehead atoms. The van der Waals surface area contributed by atoms with E-state index in [4.69, 9.17) is 4.74 Å². The van der Waals surface area contributed by atoms with Crippen LogP contribution in [-0.4, -0.2) is 13.0 Å². The molecule has 1 aromatic heterocycles. The van der Waals surface area contributed by atoms with Crippen molar-refractivity contribution in [1.29, 1.82) is 0 Å². The number of hydrogen-bond acceptors (Lipinski definition) is 4. The van der Waals surface area contributed by atoms with Gasteiger partial charge in [0.25, 0.3) is 0 Å². The smallest absolute Gasteiger partial charge is 0.406 e. The number of aryl methyl sites for hydroxylation is 1. The van der Waals surface area contributed by atoms with Crippen molar-refractivity contribution in [1.82, 2.24) is 0 Å². The summed E-state index contributed by atoms with van der Waals surface area (Å²) in [4.78, 5) is 2.47. The number of rotatable bonds is 2. The molecular formula is C17H16F3NO2S. The average molecular weight is 355 g/mol. The van der Waals surface area contributed by atoms with Crippen molar-refractivity contribution in [2.75, 3.05) is 11.9 Å².